The lowest BCUT2D eigenvalue weighted by Gasteiger charge is -2.18. The van der Waals surface area contributed by atoms with Crippen LogP contribution in [-0.4, -0.2) is 24.1 Å². The minimum absolute atomic E-state index is 0.707. The Morgan fingerprint density at radius 1 is 1.24 bits per heavy atom. The van der Waals surface area contributed by atoms with Gasteiger partial charge in [0.1, 0.15) is 0 Å². The minimum Gasteiger partial charge on any atom is -0.388 e. The molecule has 0 atom stereocenters. The third-order valence-corrected chi connectivity index (χ3v) is 2.60. The van der Waals surface area contributed by atoms with E-state index >= 15 is 0 Å². The van der Waals surface area contributed by atoms with Gasteiger partial charge in [-0.1, -0.05) is 6.07 Å². The number of anilines is 3. The zero-order valence-electron chi connectivity index (χ0n) is 10.3. The van der Waals surface area contributed by atoms with Crippen molar-refractivity contribution in [1.82, 2.24) is 9.97 Å². The quantitative estimate of drug-likeness (QED) is 0.876. The van der Waals surface area contributed by atoms with Crippen LogP contribution >= 0.6 is 0 Å². The lowest BCUT2D eigenvalue weighted by Crippen LogP contribution is -2.13. The maximum Gasteiger partial charge on any atom is 0.229 e. The molecule has 2 rings (SSSR count). The fourth-order valence-electron chi connectivity index (χ4n) is 1.58. The summed E-state index contributed by atoms with van der Waals surface area (Å²) in [7, 11) is 3.87. The van der Waals surface area contributed by atoms with Gasteiger partial charge in [0.05, 0.1) is 0 Å². The summed E-state index contributed by atoms with van der Waals surface area (Å²) in [6, 6.07) is 10.0. The monoisotopic (exact) mass is 228 g/mol. The first kappa shape index (κ1) is 11.4. The minimum atomic E-state index is 0.707. The van der Waals surface area contributed by atoms with Gasteiger partial charge in [-0.05, 0) is 31.2 Å². The molecule has 1 aromatic heterocycles. The Balaban J connectivity index is 2.33. The SMILES string of the molecule is CNc1cccc(N(C)c2nccc(C)n2)c1. The van der Waals surface area contributed by atoms with E-state index in [1.807, 2.05) is 50.2 Å². The third kappa shape index (κ3) is 2.53. The van der Waals surface area contributed by atoms with Crippen LogP contribution in [0.15, 0.2) is 36.5 Å². The van der Waals surface area contributed by atoms with E-state index in [-0.39, 0.29) is 0 Å². The first-order chi connectivity index (χ1) is 8.20. The Bertz CT molecular complexity index is 510. The highest BCUT2D eigenvalue weighted by Gasteiger charge is 2.06. The van der Waals surface area contributed by atoms with Crippen LogP contribution < -0.4 is 10.2 Å². The zero-order chi connectivity index (χ0) is 12.3. The van der Waals surface area contributed by atoms with Crippen LogP contribution in [0, 0.1) is 6.92 Å². The van der Waals surface area contributed by atoms with Gasteiger partial charge >= 0.3 is 0 Å². The van der Waals surface area contributed by atoms with Crippen LogP contribution in [0.4, 0.5) is 17.3 Å². The van der Waals surface area contributed by atoms with Crippen molar-refractivity contribution in [1.29, 1.82) is 0 Å². The first-order valence-electron chi connectivity index (χ1n) is 5.52. The summed E-state index contributed by atoms with van der Waals surface area (Å²) < 4.78 is 0. The van der Waals surface area contributed by atoms with Crippen LogP contribution in [0.2, 0.25) is 0 Å². The number of aromatic nitrogens is 2. The van der Waals surface area contributed by atoms with Gasteiger partial charge in [0.15, 0.2) is 0 Å². The molecule has 1 N–H and O–H groups in total. The second-order valence-electron chi connectivity index (χ2n) is 3.86. The van der Waals surface area contributed by atoms with Crippen LogP contribution in [0.1, 0.15) is 5.69 Å². The van der Waals surface area contributed by atoms with E-state index in [2.05, 4.69) is 21.4 Å². The first-order valence-corrected chi connectivity index (χ1v) is 5.52. The van der Waals surface area contributed by atoms with E-state index in [0.29, 0.717) is 5.95 Å². The summed E-state index contributed by atoms with van der Waals surface area (Å²) in [6.07, 6.45) is 1.77. The third-order valence-electron chi connectivity index (χ3n) is 2.60. The molecule has 0 bridgehead atoms. The molecular formula is C13H16N4. The summed E-state index contributed by atoms with van der Waals surface area (Å²) in [5, 5.41) is 3.12. The predicted molar refractivity (Wildman–Crippen MR) is 70.8 cm³/mol. The van der Waals surface area contributed by atoms with Crippen LogP contribution in [0.25, 0.3) is 0 Å². The predicted octanol–water partition coefficient (Wildman–Crippen LogP) is 2.59. The van der Waals surface area contributed by atoms with E-state index in [9.17, 15) is 0 Å². The van der Waals surface area contributed by atoms with Gasteiger partial charge in [0.25, 0.3) is 0 Å². The molecule has 0 amide bonds. The Labute approximate surface area is 101 Å². The van der Waals surface area contributed by atoms with Crippen molar-refractivity contribution in [3.63, 3.8) is 0 Å². The molecule has 1 aromatic carbocycles. The topological polar surface area (TPSA) is 41.0 Å². The highest BCUT2D eigenvalue weighted by molar-refractivity contribution is 5.62. The van der Waals surface area contributed by atoms with E-state index in [1.54, 1.807) is 6.20 Å². The molecule has 2 aromatic rings. The molecule has 88 valence electrons. The van der Waals surface area contributed by atoms with Crippen molar-refractivity contribution in [3.8, 4) is 0 Å². The van der Waals surface area contributed by atoms with Crippen molar-refractivity contribution >= 4 is 17.3 Å². The van der Waals surface area contributed by atoms with Crippen molar-refractivity contribution in [2.45, 2.75) is 6.92 Å². The Morgan fingerprint density at radius 2 is 2.06 bits per heavy atom. The molecule has 0 unspecified atom stereocenters. The number of nitrogens with zero attached hydrogens (tertiary/aromatic N) is 3. The molecule has 0 aliphatic rings. The molecular weight excluding hydrogens is 212 g/mol. The van der Waals surface area contributed by atoms with Crippen molar-refractivity contribution in [2.24, 2.45) is 0 Å². The number of aryl methyl sites for hydroxylation is 1. The van der Waals surface area contributed by atoms with E-state index in [4.69, 9.17) is 0 Å². The van der Waals surface area contributed by atoms with Gasteiger partial charge in [0.2, 0.25) is 5.95 Å². The molecule has 4 nitrogen and oxygen atoms in total. The second-order valence-corrected chi connectivity index (χ2v) is 3.86. The van der Waals surface area contributed by atoms with Crippen molar-refractivity contribution in [2.75, 3.05) is 24.3 Å². The van der Waals surface area contributed by atoms with Gasteiger partial charge < -0.3 is 10.2 Å². The Kier molecular flexibility index (Phi) is 3.23. The highest BCUT2D eigenvalue weighted by Crippen LogP contribution is 2.22. The summed E-state index contributed by atoms with van der Waals surface area (Å²) in [6.45, 7) is 1.96. The standard InChI is InChI=1S/C13H16N4/c1-10-7-8-15-13(16-10)17(3)12-6-4-5-11(9-12)14-2/h4-9,14H,1-3H3. The Morgan fingerprint density at radius 3 is 2.76 bits per heavy atom. The Hall–Kier alpha value is -2.10. The molecule has 4 heteroatoms. The molecule has 0 spiro atoms. The summed E-state index contributed by atoms with van der Waals surface area (Å²) >= 11 is 0. The molecule has 0 aliphatic heterocycles. The van der Waals surface area contributed by atoms with Crippen LogP contribution in [0.3, 0.4) is 0 Å². The lowest BCUT2D eigenvalue weighted by molar-refractivity contribution is 1.01. The highest BCUT2D eigenvalue weighted by atomic mass is 15.2. The fourth-order valence-corrected chi connectivity index (χ4v) is 1.58. The van der Waals surface area contributed by atoms with Crippen molar-refractivity contribution < 1.29 is 0 Å². The number of rotatable bonds is 3. The maximum absolute atomic E-state index is 4.40. The zero-order valence-corrected chi connectivity index (χ0v) is 10.3. The molecule has 1 heterocycles. The largest absolute Gasteiger partial charge is 0.388 e. The summed E-state index contributed by atoms with van der Waals surface area (Å²) in [4.78, 5) is 10.6. The van der Waals surface area contributed by atoms with E-state index < -0.39 is 0 Å². The lowest BCUT2D eigenvalue weighted by atomic mass is 10.2. The molecule has 0 aliphatic carbocycles. The summed E-state index contributed by atoms with van der Waals surface area (Å²) in [5.74, 6) is 0.707. The molecule has 17 heavy (non-hydrogen) atoms. The van der Waals surface area contributed by atoms with Gasteiger partial charge in [-0.15, -0.1) is 0 Å². The van der Waals surface area contributed by atoms with Gasteiger partial charge in [0, 0.05) is 37.4 Å². The molecule has 0 saturated heterocycles. The van der Waals surface area contributed by atoms with Crippen LogP contribution in [0.5, 0.6) is 0 Å². The van der Waals surface area contributed by atoms with Crippen LogP contribution in [-0.2, 0) is 0 Å². The van der Waals surface area contributed by atoms with Gasteiger partial charge in [-0.3, -0.25) is 0 Å². The average Bonchev–Trinajstić information content (AvgIpc) is 2.38. The fraction of sp³-hybridized carbons (Fsp3) is 0.231. The second kappa shape index (κ2) is 4.82. The van der Waals surface area contributed by atoms with Gasteiger partial charge in [-0.25, -0.2) is 9.97 Å². The maximum atomic E-state index is 4.40. The molecule has 0 radical (unpaired) electrons. The molecule has 0 fully saturated rings. The van der Waals surface area contributed by atoms with E-state index in [1.165, 1.54) is 0 Å². The smallest absolute Gasteiger partial charge is 0.229 e. The number of nitrogens with one attached hydrogen (secondary N) is 1. The number of hydrogen-bond donors (Lipinski definition) is 1. The number of hydrogen-bond acceptors (Lipinski definition) is 4. The molecule has 0 saturated carbocycles. The van der Waals surface area contributed by atoms with Crippen molar-refractivity contribution in [3.05, 3.63) is 42.2 Å². The van der Waals surface area contributed by atoms with Gasteiger partial charge in [-0.2, -0.15) is 0 Å². The average molecular weight is 228 g/mol. The normalized spacial score (nSPS) is 10.1. The summed E-state index contributed by atoms with van der Waals surface area (Å²) in [5.41, 5.74) is 3.09. The van der Waals surface area contributed by atoms with E-state index in [0.717, 1.165) is 17.1 Å². The number of benzene rings is 1.